The minimum absolute atomic E-state index is 0.0999. The SMILES string of the molecule is COC1CC(C(C)Oc2cc(OC3CNC34CC(F)(F)C4)nc(-c3noc4c3CCCC43CCc4ccc(N)c(C#N)c43)n2)N(C)C1. The number of likely N-dealkylation sites (tertiary alicyclic amines) is 1. The van der Waals surface area contributed by atoms with E-state index in [4.69, 9.17) is 34.4 Å². The summed E-state index contributed by atoms with van der Waals surface area (Å²) in [6.45, 7) is 3.24. The summed E-state index contributed by atoms with van der Waals surface area (Å²) in [6, 6.07) is 7.89. The quantitative estimate of drug-likeness (QED) is 0.357. The highest BCUT2D eigenvalue weighted by Gasteiger charge is 2.65. The van der Waals surface area contributed by atoms with Crippen LogP contribution in [0.1, 0.15) is 73.5 Å². The minimum Gasteiger partial charge on any atom is -0.473 e. The van der Waals surface area contributed by atoms with Crippen molar-refractivity contribution in [3.8, 4) is 29.3 Å². The van der Waals surface area contributed by atoms with Gasteiger partial charge in [-0.1, -0.05) is 11.2 Å². The molecule has 2 aromatic heterocycles. The highest BCUT2D eigenvalue weighted by molar-refractivity contribution is 5.68. The zero-order valence-corrected chi connectivity index (χ0v) is 26.8. The number of nitriles is 1. The number of hydrogen-bond acceptors (Lipinski definition) is 11. The van der Waals surface area contributed by atoms with Crippen LogP contribution in [0.15, 0.2) is 22.7 Å². The van der Waals surface area contributed by atoms with Gasteiger partial charge in [0.05, 0.1) is 28.7 Å². The predicted molar refractivity (Wildman–Crippen MR) is 166 cm³/mol. The Morgan fingerprint density at radius 1 is 1.19 bits per heavy atom. The summed E-state index contributed by atoms with van der Waals surface area (Å²) in [7, 11) is 3.76. The van der Waals surface area contributed by atoms with Crippen LogP contribution < -0.4 is 20.5 Å². The van der Waals surface area contributed by atoms with Gasteiger partial charge in [0.25, 0.3) is 5.92 Å². The molecule has 4 heterocycles. The number of benzene rings is 1. The number of anilines is 1. The summed E-state index contributed by atoms with van der Waals surface area (Å²) < 4.78 is 52.4. The number of aromatic nitrogens is 3. The summed E-state index contributed by atoms with van der Waals surface area (Å²) >= 11 is 0. The monoisotopic (exact) mass is 647 g/mol. The number of nitrogens with two attached hydrogens (primary N) is 1. The van der Waals surface area contributed by atoms with Gasteiger partial charge in [0.2, 0.25) is 11.8 Å². The van der Waals surface area contributed by atoms with Crippen molar-refractivity contribution in [3.63, 3.8) is 0 Å². The van der Waals surface area contributed by atoms with E-state index in [9.17, 15) is 14.0 Å². The number of fused-ring (bicyclic) bond motifs is 4. The van der Waals surface area contributed by atoms with Crippen LogP contribution in [-0.4, -0.2) is 83.1 Å². The maximum atomic E-state index is 13.9. The van der Waals surface area contributed by atoms with Gasteiger partial charge in [-0.3, -0.25) is 4.90 Å². The molecule has 5 unspecified atom stereocenters. The molecule has 2 saturated heterocycles. The second kappa shape index (κ2) is 10.8. The van der Waals surface area contributed by atoms with Crippen molar-refractivity contribution in [2.75, 3.05) is 33.0 Å². The Bertz CT molecular complexity index is 1770. The third-order valence-electron chi connectivity index (χ3n) is 11.3. The fourth-order valence-corrected chi connectivity index (χ4v) is 8.86. The number of likely N-dealkylation sites (N-methyl/N-ethyl adjacent to an activating group) is 1. The lowest BCUT2D eigenvalue weighted by atomic mass is 9.65. The van der Waals surface area contributed by atoms with Gasteiger partial charge in [-0.15, -0.1) is 0 Å². The van der Waals surface area contributed by atoms with Crippen molar-refractivity contribution in [1.82, 2.24) is 25.3 Å². The molecular formula is C34H39F2N7O4. The first kappa shape index (κ1) is 30.5. The van der Waals surface area contributed by atoms with Crippen molar-refractivity contribution in [1.29, 1.82) is 5.26 Å². The van der Waals surface area contributed by atoms with Crippen LogP contribution in [0.3, 0.4) is 0 Å². The van der Waals surface area contributed by atoms with Gasteiger partial charge in [0.15, 0.2) is 17.3 Å². The molecule has 1 saturated carbocycles. The molecule has 11 nitrogen and oxygen atoms in total. The fourth-order valence-electron chi connectivity index (χ4n) is 8.86. The number of nitrogen functional groups attached to an aromatic ring is 1. The number of alkyl halides is 2. The van der Waals surface area contributed by atoms with Crippen LogP contribution in [0.25, 0.3) is 11.5 Å². The maximum Gasteiger partial charge on any atom is 0.252 e. The molecule has 3 N–H and O–H groups in total. The Kier molecular flexibility index (Phi) is 7.02. The topological polar surface area (TPSA) is 145 Å². The van der Waals surface area contributed by atoms with Crippen molar-refractivity contribution >= 4 is 5.69 Å². The third kappa shape index (κ3) is 4.78. The molecule has 3 aliphatic carbocycles. The van der Waals surface area contributed by atoms with Gasteiger partial charge in [-0.2, -0.15) is 15.2 Å². The summed E-state index contributed by atoms with van der Waals surface area (Å²) in [5.74, 6) is -1.15. The van der Waals surface area contributed by atoms with E-state index in [1.807, 2.05) is 20.0 Å². The smallest absolute Gasteiger partial charge is 0.252 e. The number of rotatable bonds is 7. The number of halogens is 2. The molecule has 2 aliphatic heterocycles. The largest absolute Gasteiger partial charge is 0.473 e. The van der Waals surface area contributed by atoms with E-state index >= 15 is 0 Å². The Morgan fingerprint density at radius 3 is 2.70 bits per heavy atom. The molecular weight excluding hydrogens is 608 g/mol. The van der Waals surface area contributed by atoms with Crippen LogP contribution in [0.4, 0.5) is 14.5 Å². The molecule has 47 heavy (non-hydrogen) atoms. The molecule has 1 aromatic carbocycles. The minimum atomic E-state index is -2.70. The molecule has 5 aliphatic rings. The van der Waals surface area contributed by atoms with Gasteiger partial charge in [0, 0.05) is 50.3 Å². The second-order valence-corrected chi connectivity index (χ2v) is 14.1. The normalized spacial score (nSPS) is 29.1. The Morgan fingerprint density at radius 2 is 2.00 bits per heavy atom. The molecule has 248 valence electrons. The van der Waals surface area contributed by atoms with E-state index in [0.717, 1.165) is 61.1 Å². The van der Waals surface area contributed by atoms with Crippen molar-refractivity contribution in [2.24, 2.45) is 0 Å². The van der Waals surface area contributed by atoms with Crippen molar-refractivity contribution in [2.45, 2.75) is 99.5 Å². The highest BCUT2D eigenvalue weighted by atomic mass is 19.3. The maximum absolute atomic E-state index is 13.9. The van der Waals surface area contributed by atoms with Gasteiger partial charge in [-0.25, -0.2) is 8.78 Å². The lowest BCUT2D eigenvalue weighted by molar-refractivity contribution is -0.193. The Labute approximate surface area is 271 Å². The van der Waals surface area contributed by atoms with Crippen LogP contribution in [0.2, 0.25) is 0 Å². The van der Waals surface area contributed by atoms with Gasteiger partial charge < -0.3 is 29.8 Å². The number of methoxy groups -OCH3 is 1. The fraction of sp³-hybridized carbons (Fsp3) is 0.588. The number of nitrogens with one attached hydrogen (secondary N) is 1. The van der Waals surface area contributed by atoms with Gasteiger partial charge in [-0.05, 0) is 69.7 Å². The molecule has 2 spiro atoms. The third-order valence-corrected chi connectivity index (χ3v) is 11.3. The Hall–Kier alpha value is -3.86. The second-order valence-electron chi connectivity index (χ2n) is 14.1. The lowest BCUT2D eigenvalue weighted by Gasteiger charge is -2.58. The van der Waals surface area contributed by atoms with Crippen LogP contribution in [0.5, 0.6) is 11.8 Å². The van der Waals surface area contributed by atoms with E-state index in [1.54, 1.807) is 19.2 Å². The van der Waals surface area contributed by atoms with Gasteiger partial charge >= 0.3 is 0 Å². The van der Waals surface area contributed by atoms with E-state index in [1.165, 1.54) is 0 Å². The number of aryl methyl sites for hydroxylation is 1. The first-order valence-corrected chi connectivity index (χ1v) is 16.4. The standard InChI is InChI=1S/C34H39F2N7O4/c1-18(24-11-20(44-3)15-43(24)2)45-26-12-27(46-25-14-39-33(25)16-34(35,36)17-33)41-31(40-26)29-21-5-4-9-32(30(21)47-42-29)10-8-19-6-7-23(38)22(13-37)28(19)32/h6-7,12,18,20,24-25,39H,4-5,8-11,14-17,38H2,1-3H3. The molecule has 5 atom stereocenters. The molecule has 13 heteroatoms. The van der Waals surface area contributed by atoms with Crippen LogP contribution >= 0.6 is 0 Å². The van der Waals surface area contributed by atoms with Gasteiger partial charge in [0.1, 0.15) is 18.3 Å². The van der Waals surface area contributed by atoms with E-state index in [2.05, 4.69) is 21.4 Å². The molecule has 3 fully saturated rings. The zero-order chi connectivity index (χ0) is 32.7. The number of nitrogens with zero attached hydrogens (tertiary/aromatic N) is 5. The lowest BCUT2D eigenvalue weighted by Crippen LogP contribution is -2.78. The predicted octanol–water partition coefficient (Wildman–Crippen LogP) is 4.16. The highest BCUT2D eigenvalue weighted by Crippen LogP contribution is 2.54. The van der Waals surface area contributed by atoms with E-state index in [0.29, 0.717) is 35.8 Å². The number of hydrogen-bond donors (Lipinski definition) is 2. The molecule has 0 radical (unpaired) electrons. The van der Waals surface area contributed by atoms with E-state index < -0.39 is 23.0 Å². The summed E-state index contributed by atoms with van der Waals surface area (Å²) in [5, 5.41) is 17.8. The average Bonchev–Trinajstić information content (AvgIpc) is 3.74. The first-order valence-electron chi connectivity index (χ1n) is 16.4. The van der Waals surface area contributed by atoms with Crippen LogP contribution in [0, 0.1) is 11.3 Å². The average molecular weight is 648 g/mol. The summed E-state index contributed by atoms with van der Waals surface area (Å²) in [5.41, 5.74) is 9.40. The molecule has 0 bridgehead atoms. The summed E-state index contributed by atoms with van der Waals surface area (Å²) in [6.07, 6.45) is 3.66. The van der Waals surface area contributed by atoms with Crippen LogP contribution in [-0.2, 0) is 23.0 Å². The molecule has 8 rings (SSSR count). The van der Waals surface area contributed by atoms with Crippen molar-refractivity contribution in [3.05, 3.63) is 46.2 Å². The summed E-state index contributed by atoms with van der Waals surface area (Å²) in [4.78, 5) is 11.8. The zero-order valence-electron chi connectivity index (χ0n) is 26.8. The first-order chi connectivity index (χ1) is 22.5. The Balaban J connectivity index is 1.16. The number of ether oxygens (including phenoxy) is 3. The molecule has 3 aromatic rings. The molecule has 0 amide bonds. The van der Waals surface area contributed by atoms with E-state index in [-0.39, 0.29) is 42.8 Å². The van der Waals surface area contributed by atoms with Crippen molar-refractivity contribution < 1.29 is 27.5 Å².